The molecule has 0 radical (unpaired) electrons. The van der Waals surface area contributed by atoms with Crippen LogP contribution in [0.3, 0.4) is 0 Å². The van der Waals surface area contributed by atoms with Gasteiger partial charge in [0.1, 0.15) is 17.1 Å². The fourth-order valence-corrected chi connectivity index (χ4v) is 2.72. The van der Waals surface area contributed by atoms with Gasteiger partial charge in [0.2, 0.25) is 11.0 Å². The van der Waals surface area contributed by atoms with Crippen molar-refractivity contribution in [1.82, 2.24) is 14.8 Å². The van der Waals surface area contributed by atoms with Crippen LogP contribution in [-0.4, -0.2) is 20.7 Å². The van der Waals surface area contributed by atoms with Crippen molar-refractivity contribution in [3.8, 4) is 0 Å². The van der Waals surface area contributed by atoms with E-state index in [1.165, 1.54) is 11.3 Å². The lowest BCUT2D eigenvalue weighted by atomic mass is 10.2. The molecule has 0 unspecified atom stereocenters. The molecule has 2 aromatic rings. The first-order valence-electron chi connectivity index (χ1n) is 7.20. The third-order valence-electron chi connectivity index (χ3n) is 3.10. The lowest BCUT2D eigenvalue weighted by Crippen LogP contribution is -2.31. The Bertz CT molecular complexity index is 770. The minimum Gasteiger partial charge on any atom is -0.306 e. The monoisotopic (exact) mass is 360 g/mol. The topological polar surface area (TPSA) is 76.9 Å². The van der Waals surface area contributed by atoms with E-state index in [-0.39, 0.29) is 5.13 Å². The summed E-state index contributed by atoms with van der Waals surface area (Å²) in [6.07, 6.45) is -0.938. The number of carbonyl (C=O) groups excluding carboxylic acids is 1. The molecule has 0 spiro atoms. The summed E-state index contributed by atoms with van der Waals surface area (Å²) in [6.45, 7) is 1.50. The molecule has 130 valence electrons. The van der Waals surface area contributed by atoms with E-state index < -0.39 is 29.8 Å². The summed E-state index contributed by atoms with van der Waals surface area (Å²) in [4.78, 5) is 23.7. The van der Waals surface area contributed by atoms with Crippen LogP contribution >= 0.6 is 11.3 Å². The third-order valence-corrected chi connectivity index (χ3v) is 4.00. The Morgan fingerprint density at radius 3 is 2.79 bits per heavy atom. The van der Waals surface area contributed by atoms with Crippen LogP contribution in [0.4, 0.5) is 18.3 Å². The van der Waals surface area contributed by atoms with Gasteiger partial charge in [-0.25, -0.2) is 0 Å². The first-order chi connectivity index (χ1) is 11.3. The molecule has 1 amide bonds. The molecule has 2 rings (SSSR count). The summed E-state index contributed by atoms with van der Waals surface area (Å²) in [5, 5.41) is 11.2. The summed E-state index contributed by atoms with van der Waals surface area (Å²) in [5.41, 5.74) is -2.57. The minimum absolute atomic E-state index is 0.256. The van der Waals surface area contributed by atoms with Gasteiger partial charge < -0.3 is 4.57 Å². The largest absolute Gasteiger partial charge is 0.421 e. The zero-order valence-electron chi connectivity index (χ0n) is 12.8. The Kier molecular flexibility index (Phi) is 5.71. The average molecular weight is 360 g/mol. The van der Waals surface area contributed by atoms with E-state index in [0.717, 1.165) is 36.5 Å². The van der Waals surface area contributed by atoms with Gasteiger partial charge in [-0.2, -0.15) is 13.2 Å². The van der Waals surface area contributed by atoms with E-state index in [1.807, 2.05) is 6.92 Å². The van der Waals surface area contributed by atoms with Gasteiger partial charge in [0, 0.05) is 12.6 Å². The van der Waals surface area contributed by atoms with Crippen LogP contribution in [0.2, 0.25) is 0 Å². The highest BCUT2D eigenvalue weighted by Crippen LogP contribution is 2.26. The second-order valence-corrected chi connectivity index (χ2v) is 6.07. The highest BCUT2D eigenvalue weighted by atomic mass is 32.1. The number of rotatable bonds is 6. The number of halogens is 3. The van der Waals surface area contributed by atoms with Gasteiger partial charge in [0.25, 0.3) is 5.56 Å². The summed E-state index contributed by atoms with van der Waals surface area (Å²) in [7, 11) is 0. The fraction of sp³-hybridized carbons (Fsp3) is 0.429. The van der Waals surface area contributed by atoms with Crippen molar-refractivity contribution in [3.63, 3.8) is 0 Å². The lowest BCUT2D eigenvalue weighted by Gasteiger charge is -2.09. The van der Waals surface area contributed by atoms with Crippen LogP contribution < -0.4 is 10.9 Å². The molecule has 10 heteroatoms. The molecule has 6 nitrogen and oxygen atoms in total. The predicted octanol–water partition coefficient (Wildman–Crippen LogP) is 2.70. The zero-order valence-corrected chi connectivity index (χ0v) is 13.6. The zero-order chi connectivity index (χ0) is 17.7. The minimum atomic E-state index is -4.76. The molecule has 0 saturated heterocycles. The fourth-order valence-electron chi connectivity index (χ4n) is 1.92. The van der Waals surface area contributed by atoms with Crippen molar-refractivity contribution in [2.75, 3.05) is 5.32 Å². The van der Waals surface area contributed by atoms with Crippen LogP contribution in [0.5, 0.6) is 0 Å². The number of carbonyl (C=O) groups is 1. The molecule has 2 heterocycles. The molecule has 0 aliphatic rings. The third kappa shape index (κ3) is 4.63. The Hall–Kier alpha value is -2.23. The van der Waals surface area contributed by atoms with Crippen LogP contribution in [-0.2, 0) is 23.9 Å². The molecule has 0 bridgehead atoms. The highest BCUT2D eigenvalue weighted by molar-refractivity contribution is 7.15. The quantitative estimate of drug-likeness (QED) is 0.859. The van der Waals surface area contributed by atoms with Crippen LogP contribution in [0.15, 0.2) is 23.1 Å². The van der Waals surface area contributed by atoms with Gasteiger partial charge >= 0.3 is 6.18 Å². The standard InChI is InChI=1S/C14H15F3N4O2S/c1-2-3-6-11-19-20-13(24-11)18-10(22)8-21-7-4-5-9(12(21)23)14(15,16)17/h4-5,7H,2-3,6,8H2,1H3,(H,18,20,22). The molecule has 0 fully saturated rings. The highest BCUT2D eigenvalue weighted by Gasteiger charge is 2.34. The number of unbranched alkanes of at least 4 members (excludes halogenated alkanes) is 1. The molecular weight excluding hydrogens is 345 g/mol. The van der Waals surface area contributed by atoms with E-state index in [2.05, 4.69) is 15.5 Å². The van der Waals surface area contributed by atoms with Crippen molar-refractivity contribution in [1.29, 1.82) is 0 Å². The Morgan fingerprint density at radius 2 is 2.12 bits per heavy atom. The maximum atomic E-state index is 12.7. The molecule has 0 atom stereocenters. The van der Waals surface area contributed by atoms with Crippen molar-refractivity contribution in [2.24, 2.45) is 0 Å². The second-order valence-electron chi connectivity index (χ2n) is 5.01. The number of anilines is 1. The smallest absolute Gasteiger partial charge is 0.306 e. The van der Waals surface area contributed by atoms with Gasteiger partial charge in [0.05, 0.1) is 0 Å². The van der Waals surface area contributed by atoms with E-state index in [9.17, 15) is 22.8 Å². The molecule has 0 saturated carbocycles. The number of nitrogens with zero attached hydrogens (tertiary/aromatic N) is 3. The number of alkyl halides is 3. The summed E-state index contributed by atoms with van der Waals surface area (Å²) in [6, 6.07) is 1.76. The average Bonchev–Trinajstić information content (AvgIpc) is 2.93. The Morgan fingerprint density at radius 1 is 1.38 bits per heavy atom. The number of nitrogens with one attached hydrogen (secondary N) is 1. The normalized spacial score (nSPS) is 11.5. The van der Waals surface area contributed by atoms with E-state index >= 15 is 0 Å². The number of aryl methyl sites for hydroxylation is 1. The van der Waals surface area contributed by atoms with Crippen molar-refractivity contribution < 1.29 is 18.0 Å². The van der Waals surface area contributed by atoms with Gasteiger partial charge in [-0.15, -0.1) is 10.2 Å². The van der Waals surface area contributed by atoms with Gasteiger partial charge in [-0.1, -0.05) is 24.7 Å². The van der Waals surface area contributed by atoms with Crippen molar-refractivity contribution in [2.45, 2.75) is 38.9 Å². The Balaban J connectivity index is 2.05. The molecule has 1 N–H and O–H groups in total. The summed E-state index contributed by atoms with van der Waals surface area (Å²) < 4.78 is 38.8. The second kappa shape index (κ2) is 7.56. The van der Waals surface area contributed by atoms with Gasteiger partial charge in [-0.05, 0) is 18.6 Å². The van der Waals surface area contributed by atoms with E-state index in [4.69, 9.17) is 0 Å². The number of hydrogen-bond donors (Lipinski definition) is 1. The van der Waals surface area contributed by atoms with E-state index in [1.54, 1.807) is 0 Å². The van der Waals surface area contributed by atoms with Crippen LogP contribution in [0.1, 0.15) is 30.3 Å². The molecule has 0 aliphatic heterocycles. The first kappa shape index (κ1) is 18.1. The lowest BCUT2D eigenvalue weighted by molar-refractivity contribution is -0.139. The van der Waals surface area contributed by atoms with Crippen LogP contribution in [0, 0.1) is 0 Å². The maximum absolute atomic E-state index is 12.7. The number of amides is 1. The Labute approximate surface area is 139 Å². The molecule has 0 aromatic carbocycles. The first-order valence-corrected chi connectivity index (χ1v) is 8.01. The number of pyridine rings is 1. The molecule has 0 aliphatic carbocycles. The van der Waals surface area contributed by atoms with Gasteiger partial charge in [0.15, 0.2) is 0 Å². The van der Waals surface area contributed by atoms with E-state index in [0.29, 0.717) is 10.6 Å². The van der Waals surface area contributed by atoms with Crippen LogP contribution in [0.25, 0.3) is 0 Å². The SMILES string of the molecule is CCCCc1nnc(NC(=O)Cn2cccc(C(F)(F)F)c2=O)s1. The number of aromatic nitrogens is 3. The maximum Gasteiger partial charge on any atom is 0.421 e. The van der Waals surface area contributed by atoms with Crippen molar-refractivity contribution >= 4 is 22.4 Å². The molecule has 2 aromatic heterocycles. The summed E-state index contributed by atoms with van der Waals surface area (Å²) in [5.74, 6) is -0.644. The number of hydrogen-bond acceptors (Lipinski definition) is 5. The molecular formula is C14H15F3N4O2S. The summed E-state index contributed by atoms with van der Waals surface area (Å²) >= 11 is 1.20. The predicted molar refractivity (Wildman–Crippen MR) is 82.9 cm³/mol. The molecule has 24 heavy (non-hydrogen) atoms. The van der Waals surface area contributed by atoms with Gasteiger partial charge in [-0.3, -0.25) is 14.9 Å². The van der Waals surface area contributed by atoms with Crippen molar-refractivity contribution in [3.05, 3.63) is 39.3 Å².